The van der Waals surface area contributed by atoms with Gasteiger partial charge in [0.15, 0.2) is 0 Å². The summed E-state index contributed by atoms with van der Waals surface area (Å²) < 4.78 is 18.7. The Morgan fingerprint density at radius 2 is 2.41 bits per heavy atom. The van der Waals surface area contributed by atoms with Crippen LogP contribution in [0, 0.1) is 5.82 Å². The molecular weight excluding hydrogens is 241 g/mol. The van der Waals surface area contributed by atoms with E-state index in [9.17, 15) is 4.39 Å². The quantitative estimate of drug-likeness (QED) is 0.890. The van der Waals surface area contributed by atoms with Gasteiger partial charge in [0, 0.05) is 11.4 Å². The van der Waals surface area contributed by atoms with Gasteiger partial charge in [-0.3, -0.25) is 0 Å². The molecule has 0 saturated heterocycles. The third-order valence-electron chi connectivity index (χ3n) is 1.98. The minimum Gasteiger partial charge on any atom is -0.470 e. The molecule has 2 rings (SSSR count). The van der Waals surface area contributed by atoms with Gasteiger partial charge < -0.3 is 10.1 Å². The molecule has 2 aromatic rings. The van der Waals surface area contributed by atoms with E-state index in [-0.39, 0.29) is 5.88 Å². The number of aromatic nitrogens is 2. The average Bonchev–Trinajstić information content (AvgIpc) is 2.83. The van der Waals surface area contributed by atoms with E-state index in [1.165, 1.54) is 0 Å². The molecule has 0 aliphatic heterocycles. The van der Waals surface area contributed by atoms with Gasteiger partial charge in [-0.25, -0.2) is 4.98 Å². The van der Waals surface area contributed by atoms with Crippen molar-refractivity contribution in [1.82, 2.24) is 9.97 Å². The normalized spacial score (nSPS) is 10.2. The topological polar surface area (TPSA) is 47.0 Å². The summed E-state index contributed by atoms with van der Waals surface area (Å²) in [4.78, 5) is 8.77. The van der Waals surface area contributed by atoms with Gasteiger partial charge in [-0.15, -0.1) is 11.3 Å². The fraction of sp³-hybridized carbons (Fsp3) is 0.273. The zero-order chi connectivity index (χ0) is 12.1. The van der Waals surface area contributed by atoms with Crippen molar-refractivity contribution in [3.05, 3.63) is 34.4 Å². The molecule has 0 aromatic carbocycles. The highest BCUT2D eigenvalue weighted by molar-refractivity contribution is 7.09. The second kappa shape index (κ2) is 5.58. The Morgan fingerprint density at radius 1 is 1.53 bits per heavy atom. The third kappa shape index (κ3) is 3.13. The lowest BCUT2D eigenvalue weighted by Crippen LogP contribution is -2.05. The number of rotatable bonds is 5. The molecule has 0 fully saturated rings. The Balaban J connectivity index is 2.06. The SMILES string of the molecule is CCNc1ncc(F)c(OCc2cccs2)n1. The zero-order valence-corrected chi connectivity index (χ0v) is 10.1. The molecule has 1 N–H and O–H groups in total. The molecule has 0 atom stereocenters. The Labute approximate surface area is 102 Å². The van der Waals surface area contributed by atoms with Crippen LogP contribution in [0.15, 0.2) is 23.7 Å². The molecule has 0 aliphatic carbocycles. The Morgan fingerprint density at radius 3 is 3.12 bits per heavy atom. The number of nitrogens with one attached hydrogen (secondary N) is 1. The summed E-state index contributed by atoms with van der Waals surface area (Å²) in [6.07, 6.45) is 1.11. The van der Waals surface area contributed by atoms with Crippen molar-refractivity contribution in [1.29, 1.82) is 0 Å². The third-order valence-corrected chi connectivity index (χ3v) is 2.83. The van der Waals surface area contributed by atoms with Gasteiger partial charge in [0.1, 0.15) is 6.61 Å². The van der Waals surface area contributed by atoms with E-state index in [1.54, 1.807) is 11.3 Å². The maximum Gasteiger partial charge on any atom is 0.255 e. The highest BCUT2D eigenvalue weighted by atomic mass is 32.1. The van der Waals surface area contributed by atoms with Crippen LogP contribution < -0.4 is 10.1 Å². The van der Waals surface area contributed by atoms with Crippen molar-refractivity contribution in [2.45, 2.75) is 13.5 Å². The lowest BCUT2D eigenvalue weighted by atomic mass is 10.5. The van der Waals surface area contributed by atoms with Crippen LogP contribution in [0.1, 0.15) is 11.8 Å². The van der Waals surface area contributed by atoms with E-state index >= 15 is 0 Å². The first-order valence-electron chi connectivity index (χ1n) is 5.21. The van der Waals surface area contributed by atoms with Crippen LogP contribution in [-0.4, -0.2) is 16.5 Å². The molecule has 4 nitrogen and oxygen atoms in total. The molecule has 0 radical (unpaired) electrons. The smallest absolute Gasteiger partial charge is 0.255 e. The predicted molar refractivity (Wildman–Crippen MR) is 64.8 cm³/mol. The molecule has 0 unspecified atom stereocenters. The van der Waals surface area contributed by atoms with E-state index in [0.29, 0.717) is 19.1 Å². The van der Waals surface area contributed by atoms with Crippen molar-refractivity contribution in [3.8, 4) is 5.88 Å². The molecular formula is C11H12FN3OS. The number of halogens is 1. The van der Waals surface area contributed by atoms with Crippen LogP contribution in [-0.2, 0) is 6.61 Å². The summed E-state index contributed by atoms with van der Waals surface area (Å²) in [5, 5.41) is 4.85. The molecule has 17 heavy (non-hydrogen) atoms. The van der Waals surface area contributed by atoms with Crippen LogP contribution in [0.3, 0.4) is 0 Å². The van der Waals surface area contributed by atoms with E-state index in [1.807, 2.05) is 24.4 Å². The monoisotopic (exact) mass is 253 g/mol. The minimum absolute atomic E-state index is 0.0237. The molecule has 0 bridgehead atoms. The first kappa shape index (κ1) is 11.8. The lowest BCUT2D eigenvalue weighted by molar-refractivity contribution is 0.279. The van der Waals surface area contributed by atoms with Crippen LogP contribution in [0.5, 0.6) is 5.88 Å². The fourth-order valence-electron chi connectivity index (χ4n) is 1.23. The standard InChI is InChI=1S/C11H12FN3OS/c1-2-13-11-14-6-9(12)10(15-11)16-7-8-4-3-5-17-8/h3-6H,2,7H2,1H3,(H,13,14,15). The Hall–Kier alpha value is -1.69. The van der Waals surface area contributed by atoms with E-state index in [0.717, 1.165) is 11.1 Å². The van der Waals surface area contributed by atoms with Crippen LogP contribution in [0.4, 0.5) is 10.3 Å². The minimum atomic E-state index is -0.553. The summed E-state index contributed by atoms with van der Waals surface area (Å²) in [5.74, 6) is -0.206. The van der Waals surface area contributed by atoms with Crippen LogP contribution in [0.25, 0.3) is 0 Å². The molecule has 90 valence electrons. The van der Waals surface area contributed by atoms with Gasteiger partial charge in [-0.2, -0.15) is 9.37 Å². The molecule has 0 amide bonds. The first-order valence-corrected chi connectivity index (χ1v) is 6.09. The number of anilines is 1. The average molecular weight is 253 g/mol. The van der Waals surface area contributed by atoms with Crippen molar-refractivity contribution < 1.29 is 9.13 Å². The summed E-state index contributed by atoms with van der Waals surface area (Å²) in [7, 11) is 0. The Kier molecular flexibility index (Phi) is 3.87. The van der Waals surface area contributed by atoms with E-state index in [2.05, 4.69) is 15.3 Å². The van der Waals surface area contributed by atoms with Gasteiger partial charge in [0.2, 0.25) is 11.8 Å². The van der Waals surface area contributed by atoms with Crippen molar-refractivity contribution in [2.24, 2.45) is 0 Å². The largest absolute Gasteiger partial charge is 0.470 e. The highest BCUT2D eigenvalue weighted by Crippen LogP contribution is 2.17. The second-order valence-corrected chi connectivity index (χ2v) is 4.28. The lowest BCUT2D eigenvalue weighted by Gasteiger charge is -2.06. The van der Waals surface area contributed by atoms with Crippen molar-refractivity contribution >= 4 is 17.3 Å². The molecule has 6 heteroatoms. The maximum atomic E-state index is 13.4. The van der Waals surface area contributed by atoms with Crippen molar-refractivity contribution in [3.63, 3.8) is 0 Å². The fourth-order valence-corrected chi connectivity index (χ4v) is 1.85. The number of thiophene rings is 1. The number of hydrogen-bond acceptors (Lipinski definition) is 5. The number of nitrogens with zero attached hydrogens (tertiary/aromatic N) is 2. The van der Waals surface area contributed by atoms with Gasteiger partial charge in [-0.05, 0) is 18.4 Å². The maximum absolute atomic E-state index is 13.4. The molecule has 0 aliphatic rings. The molecule has 2 aromatic heterocycles. The second-order valence-electron chi connectivity index (χ2n) is 3.25. The Bertz CT molecular complexity index is 476. The predicted octanol–water partition coefficient (Wildman–Crippen LogP) is 2.69. The van der Waals surface area contributed by atoms with Gasteiger partial charge in [0.05, 0.1) is 6.20 Å². The van der Waals surface area contributed by atoms with E-state index < -0.39 is 5.82 Å². The molecule has 0 spiro atoms. The van der Waals surface area contributed by atoms with Crippen LogP contribution >= 0.6 is 11.3 Å². The highest BCUT2D eigenvalue weighted by Gasteiger charge is 2.08. The summed E-state index contributed by atoms with van der Waals surface area (Å²) >= 11 is 1.56. The van der Waals surface area contributed by atoms with Crippen LogP contribution in [0.2, 0.25) is 0 Å². The van der Waals surface area contributed by atoms with E-state index in [4.69, 9.17) is 4.74 Å². The van der Waals surface area contributed by atoms with Gasteiger partial charge in [0.25, 0.3) is 5.88 Å². The van der Waals surface area contributed by atoms with Gasteiger partial charge in [-0.1, -0.05) is 6.07 Å². The number of hydrogen-bond donors (Lipinski definition) is 1. The summed E-state index contributed by atoms with van der Waals surface area (Å²) in [5.41, 5.74) is 0. The zero-order valence-electron chi connectivity index (χ0n) is 9.31. The summed E-state index contributed by atoms with van der Waals surface area (Å²) in [6, 6.07) is 3.85. The summed E-state index contributed by atoms with van der Waals surface area (Å²) in [6.45, 7) is 2.91. The molecule has 2 heterocycles. The van der Waals surface area contributed by atoms with Gasteiger partial charge >= 0.3 is 0 Å². The molecule has 0 saturated carbocycles. The van der Waals surface area contributed by atoms with Crippen molar-refractivity contribution in [2.75, 3.05) is 11.9 Å². The first-order chi connectivity index (χ1) is 8.29. The number of ether oxygens (including phenoxy) is 1.